The summed E-state index contributed by atoms with van der Waals surface area (Å²) in [5.41, 5.74) is 1.88. The summed E-state index contributed by atoms with van der Waals surface area (Å²) in [5.74, 6) is 0.383. The Morgan fingerprint density at radius 2 is 1.92 bits per heavy atom. The van der Waals surface area contributed by atoms with Gasteiger partial charge in [0.05, 0.1) is 19.0 Å². The molecule has 0 spiro atoms. The molecule has 2 aromatic heterocycles. The van der Waals surface area contributed by atoms with Crippen LogP contribution in [-0.4, -0.2) is 61.9 Å². The van der Waals surface area contributed by atoms with Gasteiger partial charge in [-0.25, -0.2) is 14.3 Å². The zero-order valence-corrected chi connectivity index (χ0v) is 22.9. The van der Waals surface area contributed by atoms with Crippen LogP contribution in [0, 0.1) is 5.92 Å². The number of ether oxygens (including phenoxy) is 2. The molecule has 3 aromatic rings. The summed E-state index contributed by atoms with van der Waals surface area (Å²) < 4.78 is 14.1. The van der Waals surface area contributed by atoms with Crippen molar-refractivity contribution in [2.24, 2.45) is 13.0 Å². The molecule has 1 aliphatic rings. The van der Waals surface area contributed by atoms with Crippen LogP contribution in [0.4, 0.5) is 15.3 Å². The standard InChI is InChI=1S/C28H36N6O5/c1-28(2,3)39-27(37)33-12-8-20(9-13-33)11-15-38-26(36)30-22-7-5-6-21(16-22)17-24-25(35)10-14-34(31-24)23-18-29-32(4)19-23/h5-7,10,14,16,18-20H,8-9,11-13,15,17H2,1-4H3,(H,30,36). The summed E-state index contributed by atoms with van der Waals surface area (Å²) in [6.45, 7) is 7.16. The highest BCUT2D eigenvalue weighted by molar-refractivity contribution is 5.84. The normalized spacial score (nSPS) is 14.2. The minimum atomic E-state index is -0.532. The highest BCUT2D eigenvalue weighted by atomic mass is 16.6. The summed E-state index contributed by atoms with van der Waals surface area (Å²) in [6, 6.07) is 8.74. The van der Waals surface area contributed by atoms with E-state index < -0.39 is 11.7 Å². The minimum absolute atomic E-state index is 0.162. The molecule has 0 unspecified atom stereocenters. The third-order valence-electron chi connectivity index (χ3n) is 6.41. The number of likely N-dealkylation sites (tertiary alicyclic amines) is 1. The number of nitrogens with one attached hydrogen (secondary N) is 1. The minimum Gasteiger partial charge on any atom is -0.449 e. The first-order valence-corrected chi connectivity index (χ1v) is 13.1. The number of benzene rings is 1. The highest BCUT2D eigenvalue weighted by Crippen LogP contribution is 2.22. The number of rotatable bonds is 7. The van der Waals surface area contributed by atoms with Crippen LogP contribution in [0.1, 0.15) is 51.3 Å². The second-order valence-electron chi connectivity index (χ2n) is 10.8. The predicted octanol–water partition coefficient (Wildman–Crippen LogP) is 4.14. The maximum absolute atomic E-state index is 12.4. The fraction of sp³-hybridized carbons (Fsp3) is 0.464. The molecule has 1 aromatic carbocycles. The Bertz CT molecular complexity index is 1350. The van der Waals surface area contributed by atoms with Crippen molar-refractivity contribution in [1.82, 2.24) is 24.5 Å². The van der Waals surface area contributed by atoms with Crippen molar-refractivity contribution in [2.45, 2.75) is 52.1 Å². The Morgan fingerprint density at radius 1 is 1.15 bits per heavy atom. The molecular formula is C28H36N6O5. The molecule has 1 N–H and O–H groups in total. The summed E-state index contributed by atoms with van der Waals surface area (Å²) >= 11 is 0. The number of hydrogen-bond donors (Lipinski definition) is 1. The van der Waals surface area contributed by atoms with E-state index in [9.17, 15) is 14.4 Å². The second-order valence-corrected chi connectivity index (χ2v) is 10.8. The van der Waals surface area contributed by atoms with Crippen molar-refractivity contribution in [1.29, 1.82) is 0 Å². The predicted molar refractivity (Wildman–Crippen MR) is 146 cm³/mol. The van der Waals surface area contributed by atoms with Gasteiger partial charge < -0.3 is 14.4 Å². The van der Waals surface area contributed by atoms with E-state index in [1.807, 2.05) is 46.1 Å². The van der Waals surface area contributed by atoms with Crippen LogP contribution < -0.4 is 10.7 Å². The number of carbonyl (C=O) groups is 2. The highest BCUT2D eigenvalue weighted by Gasteiger charge is 2.26. The van der Waals surface area contributed by atoms with Gasteiger partial charge in [-0.1, -0.05) is 12.1 Å². The number of amides is 2. The maximum atomic E-state index is 12.4. The van der Waals surface area contributed by atoms with Gasteiger partial charge >= 0.3 is 12.2 Å². The van der Waals surface area contributed by atoms with E-state index in [1.54, 1.807) is 38.8 Å². The maximum Gasteiger partial charge on any atom is 0.411 e. The molecule has 2 amide bonds. The molecule has 39 heavy (non-hydrogen) atoms. The molecule has 1 fully saturated rings. The molecule has 3 heterocycles. The average Bonchev–Trinajstić information content (AvgIpc) is 3.31. The van der Waals surface area contributed by atoms with Crippen LogP contribution in [0.15, 0.2) is 53.7 Å². The van der Waals surface area contributed by atoms with Gasteiger partial charge in [-0.3, -0.25) is 14.8 Å². The summed E-state index contributed by atoms with van der Waals surface area (Å²) in [5, 5.41) is 11.4. The molecule has 0 atom stereocenters. The van der Waals surface area contributed by atoms with E-state index in [1.165, 1.54) is 6.07 Å². The van der Waals surface area contributed by atoms with Crippen molar-refractivity contribution < 1.29 is 19.1 Å². The van der Waals surface area contributed by atoms with Crippen molar-refractivity contribution >= 4 is 17.9 Å². The monoisotopic (exact) mass is 536 g/mol. The molecular weight excluding hydrogens is 500 g/mol. The van der Waals surface area contributed by atoms with E-state index in [0.717, 1.165) is 30.5 Å². The molecule has 0 saturated carbocycles. The fourth-order valence-corrected chi connectivity index (χ4v) is 4.40. The molecule has 11 nitrogen and oxygen atoms in total. The molecule has 0 radical (unpaired) electrons. The number of nitrogens with zero attached hydrogens (tertiary/aromatic N) is 5. The third kappa shape index (κ3) is 8.17. The zero-order valence-electron chi connectivity index (χ0n) is 22.9. The second kappa shape index (κ2) is 12.1. The number of hydrogen-bond acceptors (Lipinski definition) is 7. The third-order valence-corrected chi connectivity index (χ3v) is 6.41. The van der Waals surface area contributed by atoms with Gasteiger partial charge in [-0.2, -0.15) is 10.2 Å². The largest absolute Gasteiger partial charge is 0.449 e. The van der Waals surface area contributed by atoms with Gasteiger partial charge in [0.15, 0.2) is 0 Å². The SMILES string of the molecule is Cn1cc(-n2ccc(=O)c(Cc3cccc(NC(=O)OCCC4CCN(C(=O)OC(C)(C)C)CC4)c3)n2)cn1. The average molecular weight is 537 g/mol. The van der Waals surface area contributed by atoms with Crippen molar-refractivity contribution in [2.75, 3.05) is 25.0 Å². The summed E-state index contributed by atoms with van der Waals surface area (Å²) in [6.07, 6.45) is 7.03. The molecule has 4 rings (SSSR count). The van der Waals surface area contributed by atoms with E-state index in [2.05, 4.69) is 15.5 Å². The molecule has 1 saturated heterocycles. The Hall–Kier alpha value is -4.15. The number of aromatic nitrogens is 4. The van der Waals surface area contributed by atoms with Crippen LogP contribution in [0.5, 0.6) is 0 Å². The lowest BCUT2D eigenvalue weighted by Crippen LogP contribution is -2.41. The molecule has 0 bridgehead atoms. The van der Waals surface area contributed by atoms with Gasteiger partial charge in [0.1, 0.15) is 17.0 Å². The van der Waals surface area contributed by atoms with E-state index in [0.29, 0.717) is 43.4 Å². The van der Waals surface area contributed by atoms with Gasteiger partial charge in [-0.05, 0) is 63.6 Å². The zero-order chi connectivity index (χ0) is 28.0. The van der Waals surface area contributed by atoms with E-state index in [4.69, 9.17) is 9.47 Å². The van der Waals surface area contributed by atoms with Gasteiger partial charge in [0.25, 0.3) is 0 Å². The van der Waals surface area contributed by atoms with E-state index >= 15 is 0 Å². The Labute approximate surface area is 227 Å². The quantitative estimate of drug-likeness (QED) is 0.482. The van der Waals surface area contributed by atoms with E-state index in [-0.39, 0.29) is 11.5 Å². The number of aryl methyl sites for hydroxylation is 1. The van der Waals surface area contributed by atoms with Crippen LogP contribution in [0.3, 0.4) is 0 Å². The van der Waals surface area contributed by atoms with Crippen LogP contribution in [0.2, 0.25) is 0 Å². The number of piperidine rings is 1. The van der Waals surface area contributed by atoms with Crippen LogP contribution >= 0.6 is 0 Å². The Balaban J connectivity index is 1.24. The van der Waals surface area contributed by atoms with Gasteiger partial charge in [-0.15, -0.1) is 0 Å². The van der Waals surface area contributed by atoms with Crippen LogP contribution in [-0.2, 0) is 22.9 Å². The topological polar surface area (TPSA) is 121 Å². The first-order chi connectivity index (χ1) is 18.6. The molecule has 0 aliphatic carbocycles. The summed E-state index contributed by atoms with van der Waals surface area (Å²) in [7, 11) is 1.81. The lowest BCUT2D eigenvalue weighted by Gasteiger charge is -2.33. The van der Waals surface area contributed by atoms with Gasteiger partial charge in [0.2, 0.25) is 5.43 Å². The molecule has 11 heteroatoms. The molecule has 1 aliphatic heterocycles. The Kier molecular flexibility index (Phi) is 8.68. The number of carbonyl (C=O) groups excluding carboxylic acids is 2. The first kappa shape index (κ1) is 27.9. The van der Waals surface area contributed by atoms with Crippen LogP contribution in [0.25, 0.3) is 5.69 Å². The summed E-state index contributed by atoms with van der Waals surface area (Å²) in [4.78, 5) is 38.8. The van der Waals surface area contributed by atoms with Gasteiger partial charge in [0, 0.05) is 44.5 Å². The molecule has 208 valence electrons. The Morgan fingerprint density at radius 3 is 2.62 bits per heavy atom. The van der Waals surface area contributed by atoms with Crippen molar-refractivity contribution in [3.05, 3.63) is 70.4 Å². The number of anilines is 1. The van der Waals surface area contributed by atoms with Crippen molar-refractivity contribution in [3.8, 4) is 5.69 Å². The smallest absolute Gasteiger partial charge is 0.411 e. The van der Waals surface area contributed by atoms with Crippen molar-refractivity contribution in [3.63, 3.8) is 0 Å². The lowest BCUT2D eigenvalue weighted by atomic mass is 9.94. The fourth-order valence-electron chi connectivity index (χ4n) is 4.40. The lowest BCUT2D eigenvalue weighted by molar-refractivity contribution is 0.0175. The first-order valence-electron chi connectivity index (χ1n) is 13.1.